The van der Waals surface area contributed by atoms with E-state index in [1.807, 2.05) is 0 Å². The second-order valence-corrected chi connectivity index (χ2v) is 7.47. The van der Waals surface area contributed by atoms with E-state index >= 15 is 0 Å². The minimum atomic E-state index is 0.269. The molecule has 3 rings (SSSR count). The van der Waals surface area contributed by atoms with Gasteiger partial charge in [0.05, 0.1) is 4.88 Å². The van der Waals surface area contributed by atoms with Crippen LogP contribution in [0.5, 0.6) is 0 Å². The number of thiophene rings is 1. The van der Waals surface area contributed by atoms with E-state index in [4.69, 9.17) is 0 Å². The Hall–Kier alpha value is -0.350. The van der Waals surface area contributed by atoms with Crippen LogP contribution in [0.2, 0.25) is 0 Å². The molecular weight excluding hydrogens is 322 g/mol. The van der Waals surface area contributed by atoms with E-state index in [1.54, 1.807) is 11.3 Å². The van der Waals surface area contributed by atoms with Crippen molar-refractivity contribution in [2.24, 2.45) is 0 Å². The number of carbonyl (C=O) groups is 1. The lowest BCUT2D eigenvalue weighted by Crippen LogP contribution is -2.39. The third kappa shape index (κ3) is 2.75. The highest BCUT2D eigenvalue weighted by Gasteiger charge is 2.29. The molecule has 2 aliphatic rings. The number of fused-ring (bicyclic) bond motifs is 1. The molecule has 0 N–H and O–H groups in total. The molecule has 1 saturated carbocycles. The largest absolute Gasteiger partial charge is 0.334 e. The number of halogens is 1. The highest BCUT2D eigenvalue weighted by atomic mass is 79.9. The Bertz CT molecular complexity index is 443. The van der Waals surface area contributed by atoms with Crippen LogP contribution in [0, 0.1) is 0 Å². The van der Waals surface area contributed by atoms with Crippen LogP contribution in [0.4, 0.5) is 0 Å². The average molecular weight is 342 g/mol. The van der Waals surface area contributed by atoms with E-state index in [0.29, 0.717) is 6.04 Å². The van der Waals surface area contributed by atoms with Crippen molar-refractivity contribution in [1.82, 2.24) is 4.90 Å². The molecule has 0 radical (unpaired) electrons. The zero-order valence-electron chi connectivity index (χ0n) is 11.2. The van der Waals surface area contributed by atoms with Crippen molar-refractivity contribution in [3.63, 3.8) is 0 Å². The van der Waals surface area contributed by atoms with Crippen LogP contribution in [0.15, 0.2) is 6.07 Å². The molecule has 104 valence electrons. The third-order valence-electron chi connectivity index (χ3n) is 4.31. The summed E-state index contributed by atoms with van der Waals surface area (Å²) in [6, 6.07) is 2.63. The fraction of sp³-hybridized carbons (Fsp3) is 0.667. The number of rotatable bonds is 4. The van der Waals surface area contributed by atoms with Crippen LogP contribution in [0.1, 0.15) is 52.2 Å². The normalized spacial score (nSPS) is 18.8. The van der Waals surface area contributed by atoms with E-state index in [2.05, 4.69) is 26.9 Å². The number of aryl methyl sites for hydroxylation is 2. The molecule has 1 aromatic heterocycles. The van der Waals surface area contributed by atoms with Gasteiger partial charge in [0.2, 0.25) is 0 Å². The minimum Gasteiger partial charge on any atom is -0.334 e. The van der Waals surface area contributed by atoms with Gasteiger partial charge in [0.15, 0.2) is 0 Å². The Kier molecular flexibility index (Phi) is 4.27. The molecule has 0 aliphatic heterocycles. The number of alkyl halides is 1. The molecule has 1 amide bonds. The van der Waals surface area contributed by atoms with Gasteiger partial charge >= 0.3 is 0 Å². The van der Waals surface area contributed by atoms with Gasteiger partial charge in [-0.3, -0.25) is 4.79 Å². The first kappa shape index (κ1) is 13.6. The molecule has 2 nitrogen and oxygen atoms in total. The SMILES string of the molecule is O=C(c1cc2c(s1)CCC2)N(CCBr)C1CCCC1. The van der Waals surface area contributed by atoms with Crippen molar-refractivity contribution < 1.29 is 4.79 Å². The molecule has 4 heteroatoms. The quantitative estimate of drug-likeness (QED) is 0.757. The zero-order valence-corrected chi connectivity index (χ0v) is 13.6. The van der Waals surface area contributed by atoms with Crippen molar-refractivity contribution in [2.75, 3.05) is 11.9 Å². The van der Waals surface area contributed by atoms with Crippen LogP contribution in [-0.4, -0.2) is 28.7 Å². The molecule has 0 saturated heterocycles. The van der Waals surface area contributed by atoms with Crippen molar-refractivity contribution in [1.29, 1.82) is 0 Å². The maximum absolute atomic E-state index is 12.7. The minimum absolute atomic E-state index is 0.269. The molecule has 0 unspecified atom stereocenters. The van der Waals surface area contributed by atoms with Crippen molar-refractivity contribution in [3.05, 3.63) is 21.4 Å². The topological polar surface area (TPSA) is 20.3 Å². The van der Waals surface area contributed by atoms with Gasteiger partial charge in [-0.15, -0.1) is 11.3 Å². The highest BCUT2D eigenvalue weighted by molar-refractivity contribution is 9.09. The summed E-state index contributed by atoms with van der Waals surface area (Å²) in [5.41, 5.74) is 1.43. The summed E-state index contributed by atoms with van der Waals surface area (Å²) in [6.07, 6.45) is 8.53. The third-order valence-corrected chi connectivity index (χ3v) is 5.89. The first-order chi connectivity index (χ1) is 9.29. The first-order valence-electron chi connectivity index (χ1n) is 7.28. The lowest BCUT2D eigenvalue weighted by atomic mass is 10.2. The summed E-state index contributed by atoms with van der Waals surface area (Å²) in [7, 11) is 0. The van der Waals surface area contributed by atoms with Gasteiger partial charge < -0.3 is 4.90 Å². The number of hydrogen-bond donors (Lipinski definition) is 0. The molecule has 1 fully saturated rings. The van der Waals surface area contributed by atoms with Gasteiger partial charge in [0.1, 0.15) is 0 Å². The molecule has 19 heavy (non-hydrogen) atoms. The molecule has 0 aromatic carbocycles. The number of amides is 1. The van der Waals surface area contributed by atoms with Crippen LogP contribution in [0.3, 0.4) is 0 Å². The summed E-state index contributed by atoms with van der Waals surface area (Å²) in [5.74, 6) is 0.269. The van der Waals surface area contributed by atoms with Gasteiger partial charge in [0, 0.05) is 22.8 Å². The fourth-order valence-corrected chi connectivity index (χ4v) is 4.92. The van der Waals surface area contributed by atoms with E-state index in [1.165, 1.54) is 55.4 Å². The summed E-state index contributed by atoms with van der Waals surface area (Å²) < 4.78 is 0. The Morgan fingerprint density at radius 2 is 2.11 bits per heavy atom. The van der Waals surface area contributed by atoms with Gasteiger partial charge in [-0.2, -0.15) is 0 Å². The van der Waals surface area contributed by atoms with Crippen LogP contribution >= 0.6 is 27.3 Å². The van der Waals surface area contributed by atoms with Crippen LogP contribution < -0.4 is 0 Å². The van der Waals surface area contributed by atoms with Gasteiger partial charge in [-0.05, 0) is 43.7 Å². The number of carbonyl (C=O) groups excluding carboxylic acids is 1. The maximum Gasteiger partial charge on any atom is 0.264 e. The monoisotopic (exact) mass is 341 g/mol. The Morgan fingerprint density at radius 1 is 1.32 bits per heavy atom. The lowest BCUT2D eigenvalue weighted by Gasteiger charge is -2.28. The summed E-state index contributed by atoms with van der Waals surface area (Å²) >= 11 is 5.23. The van der Waals surface area contributed by atoms with E-state index < -0.39 is 0 Å². The smallest absolute Gasteiger partial charge is 0.264 e. The zero-order chi connectivity index (χ0) is 13.2. The summed E-state index contributed by atoms with van der Waals surface area (Å²) in [4.78, 5) is 17.3. The van der Waals surface area contributed by atoms with Crippen LogP contribution in [0.25, 0.3) is 0 Å². The van der Waals surface area contributed by atoms with Crippen LogP contribution in [-0.2, 0) is 12.8 Å². The number of hydrogen-bond acceptors (Lipinski definition) is 2. The van der Waals surface area contributed by atoms with Crippen molar-refractivity contribution in [3.8, 4) is 0 Å². The predicted molar refractivity (Wildman–Crippen MR) is 83.4 cm³/mol. The van der Waals surface area contributed by atoms with Gasteiger partial charge in [-0.25, -0.2) is 0 Å². The van der Waals surface area contributed by atoms with E-state index in [0.717, 1.165) is 16.8 Å². The summed E-state index contributed by atoms with van der Waals surface area (Å²) in [6.45, 7) is 0.839. The van der Waals surface area contributed by atoms with Gasteiger partial charge in [0.25, 0.3) is 5.91 Å². The standard InChI is InChI=1S/C15H20BrNOS/c16-8-9-17(12-5-1-2-6-12)15(18)14-10-11-4-3-7-13(11)19-14/h10,12H,1-9H2. The Balaban J connectivity index is 1.78. The highest BCUT2D eigenvalue weighted by Crippen LogP contribution is 2.33. The molecule has 1 heterocycles. The average Bonchev–Trinajstić information content (AvgIpc) is 3.09. The first-order valence-corrected chi connectivity index (χ1v) is 9.22. The second kappa shape index (κ2) is 5.96. The van der Waals surface area contributed by atoms with Gasteiger partial charge in [-0.1, -0.05) is 28.8 Å². The lowest BCUT2D eigenvalue weighted by molar-refractivity contribution is 0.0701. The molecule has 0 bridgehead atoms. The Morgan fingerprint density at radius 3 is 2.79 bits per heavy atom. The molecule has 0 atom stereocenters. The fourth-order valence-electron chi connectivity index (χ4n) is 3.33. The second-order valence-electron chi connectivity index (χ2n) is 5.54. The van der Waals surface area contributed by atoms with E-state index in [9.17, 15) is 4.79 Å². The van der Waals surface area contributed by atoms with E-state index in [-0.39, 0.29) is 5.91 Å². The molecular formula is C15H20BrNOS. The predicted octanol–water partition coefficient (Wildman–Crippen LogP) is 4.02. The summed E-state index contributed by atoms with van der Waals surface area (Å²) in [5, 5.41) is 0.875. The molecule has 0 spiro atoms. The van der Waals surface area contributed by atoms with Crippen molar-refractivity contribution >= 4 is 33.2 Å². The van der Waals surface area contributed by atoms with Crippen molar-refractivity contribution in [2.45, 2.75) is 51.0 Å². The Labute approximate surface area is 127 Å². The molecule has 1 aromatic rings. The number of nitrogens with zero attached hydrogens (tertiary/aromatic N) is 1. The molecule has 2 aliphatic carbocycles. The maximum atomic E-state index is 12.7.